The number of rotatable bonds is 7. The van der Waals surface area contributed by atoms with Crippen LogP contribution in [0.1, 0.15) is 37.3 Å². The fourth-order valence-electron chi connectivity index (χ4n) is 2.04. The van der Waals surface area contributed by atoms with Crippen molar-refractivity contribution >= 4 is 10.1 Å². The molecule has 0 heterocycles. The Morgan fingerprint density at radius 1 is 1.33 bits per heavy atom. The van der Waals surface area contributed by atoms with Gasteiger partial charge in [0.15, 0.2) is 0 Å². The molecule has 0 saturated heterocycles. The lowest BCUT2D eigenvalue weighted by Crippen LogP contribution is -2.06. The lowest BCUT2D eigenvalue weighted by molar-refractivity contribution is 0.481. The highest BCUT2D eigenvalue weighted by Crippen LogP contribution is 2.23. The summed E-state index contributed by atoms with van der Waals surface area (Å²) < 4.78 is 32.0. The molecule has 0 aliphatic rings. The Hall–Kier alpha value is -1.13. The van der Waals surface area contributed by atoms with Crippen molar-refractivity contribution in [3.8, 4) is 0 Å². The van der Waals surface area contributed by atoms with Crippen LogP contribution in [-0.2, 0) is 23.0 Å². The summed E-state index contributed by atoms with van der Waals surface area (Å²) in [4.78, 5) is 0.0398. The Morgan fingerprint density at radius 3 is 2.61 bits per heavy atom. The van der Waals surface area contributed by atoms with E-state index in [0.717, 1.165) is 30.4 Å². The van der Waals surface area contributed by atoms with Crippen molar-refractivity contribution in [2.24, 2.45) is 0 Å². The van der Waals surface area contributed by atoms with Crippen LogP contribution in [0.25, 0.3) is 0 Å². The van der Waals surface area contributed by atoms with E-state index in [1.54, 1.807) is 12.1 Å². The Kier molecular flexibility index (Phi) is 5.56. The number of allylic oxidation sites excluding steroid dienone is 1. The van der Waals surface area contributed by atoms with Crippen LogP contribution in [0, 0.1) is 0 Å². The molecule has 0 aromatic heterocycles. The van der Waals surface area contributed by atoms with E-state index in [1.165, 1.54) is 6.07 Å². The van der Waals surface area contributed by atoms with Gasteiger partial charge in [0.1, 0.15) is 0 Å². The minimum atomic E-state index is -4.15. The van der Waals surface area contributed by atoms with Gasteiger partial charge in [0.05, 0.1) is 4.90 Å². The van der Waals surface area contributed by atoms with Crippen LogP contribution < -0.4 is 0 Å². The summed E-state index contributed by atoms with van der Waals surface area (Å²) in [6.07, 6.45) is 6.08. The second-order valence-electron chi connectivity index (χ2n) is 4.32. The normalized spacial score (nSPS) is 11.4. The van der Waals surface area contributed by atoms with Gasteiger partial charge in [-0.05, 0) is 36.5 Å². The Bertz CT molecular complexity index is 504. The quantitative estimate of drug-likeness (QED) is 0.468. The molecular weight excluding hydrogens is 248 g/mol. The lowest BCUT2D eigenvalue weighted by atomic mass is 9.99. The van der Waals surface area contributed by atoms with Gasteiger partial charge in [-0.2, -0.15) is 8.42 Å². The van der Waals surface area contributed by atoms with Gasteiger partial charge in [-0.3, -0.25) is 4.55 Å². The maximum atomic E-state index is 11.4. The SMILES string of the molecule is C=CCc1cccc(S(=O)(=O)O)c1CCCCC. The fraction of sp³-hybridized carbons (Fsp3) is 0.429. The highest BCUT2D eigenvalue weighted by atomic mass is 32.2. The van der Waals surface area contributed by atoms with E-state index in [4.69, 9.17) is 0 Å². The van der Waals surface area contributed by atoms with Crippen LogP contribution in [-0.4, -0.2) is 13.0 Å². The molecule has 0 aliphatic heterocycles. The van der Waals surface area contributed by atoms with E-state index in [0.29, 0.717) is 12.8 Å². The van der Waals surface area contributed by atoms with Crippen LogP contribution in [0.2, 0.25) is 0 Å². The average Bonchev–Trinajstić information content (AvgIpc) is 2.30. The summed E-state index contributed by atoms with van der Waals surface area (Å²) in [7, 11) is -4.15. The molecule has 0 amide bonds. The molecule has 0 saturated carbocycles. The van der Waals surface area contributed by atoms with Gasteiger partial charge >= 0.3 is 0 Å². The van der Waals surface area contributed by atoms with E-state index in [9.17, 15) is 13.0 Å². The van der Waals surface area contributed by atoms with Crippen molar-refractivity contribution in [2.45, 2.75) is 43.9 Å². The number of hydrogen-bond donors (Lipinski definition) is 1. The van der Waals surface area contributed by atoms with Crippen LogP contribution in [0.4, 0.5) is 0 Å². The zero-order chi connectivity index (χ0) is 13.6. The molecule has 0 fully saturated rings. The molecule has 3 nitrogen and oxygen atoms in total. The minimum absolute atomic E-state index is 0.0398. The Morgan fingerprint density at radius 2 is 2.06 bits per heavy atom. The molecule has 1 aromatic rings. The predicted molar refractivity (Wildman–Crippen MR) is 73.4 cm³/mol. The zero-order valence-electron chi connectivity index (χ0n) is 10.7. The summed E-state index contributed by atoms with van der Waals surface area (Å²) >= 11 is 0. The third-order valence-corrected chi connectivity index (χ3v) is 3.84. The van der Waals surface area contributed by atoms with Crippen LogP contribution >= 0.6 is 0 Å². The molecule has 0 spiro atoms. The van der Waals surface area contributed by atoms with E-state index in [-0.39, 0.29) is 4.90 Å². The molecule has 1 N–H and O–H groups in total. The van der Waals surface area contributed by atoms with Crippen molar-refractivity contribution in [1.82, 2.24) is 0 Å². The molecule has 0 atom stereocenters. The van der Waals surface area contributed by atoms with Crippen LogP contribution in [0.5, 0.6) is 0 Å². The topological polar surface area (TPSA) is 54.4 Å². The summed E-state index contributed by atoms with van der Waals surface area (Å²) in [5, 5.41) is 0. The fourth-order valence-corrected chi connectivity index (χ4v) is 2.83. The van der Waals surface area contributed by atoms with Crippen LogP contribution in [0.3, 0.4) is 0 Å². The molecule has 0 bridgehead atoms. The smallest absolute Gasteiger partial charge is 0.282 e. The Balaban J connectivity index is 3.16. The second kappa shape index (κ2) is 6.71. The maximum absolute atomic E-state index is 11.4. The third-order valence-electron chi connectivity index (χ3n) is 2.90. The lowest BCUT2D eigenvalue weighted by Gasteiger charge is -2.12. The number of hydrogen-bond acceptors (Lipinski definition) is 2. The summed E-state index contributed by atoms with van der Waals surface area (Å²) in [5.74, 6) is 0. The van der Waals surface area contributed by atoms with Gasteiger partial charge in [0.25, 0.3) is 10.1 Å². The first-order valence-corrected chi connectivity index (χ1v) is 7.63. The van der Waals surface area contributed by atoms with Crippen molar-refractivity contribution < 1.29 is 13.0 Å². The molecular formula is C14H20O3S. The summed E-state index contributed by atoms with van der Waals surface area (Å²) in [5.41, 5.74) is 1.66. The van der Waals surface area contributed by atoms with E-state index < -0.39 is 10.1 Å². The average molecular weight is 268 g/mol. The number of unbranched alkanes of at least 4 members (excludes halogenated alkanes) is 2. The summed E-state index contributed by atoms with van der Waals surface area (Å²) in [6, 6.07) is 5.01. The molecule has 18 heavy (non-hydrogen) atoms. The molecule has 0 radical (unpaired) electrons. The first-order chi connectivity index (χ1) is 8.50. The van der Waals surface area contributed by atoms with Crippen molar-refractivity contribution in [2.75, 3.05) is 0 Å². The largest absolute Gasteiger partial charge is 0.294 e. The minimum Gasteiger partial charge on any atom is -0.282 e. The van der Waals surface area contributed by atoms with Gasteiger partial charge < -0.3 is 0 Å². The standard InChI is InChI=1S/C14H20O3S/c1-3-5-6-10-13-12(8-4-2)9-7-11-14(13)18(15,16)17/h4,7,9,11H,2-3,5-6,8,10H2,1H3,(H,15,16,17). The summed E-state index contributed by atoms with van der Waals surface area (Å²) in [6.45, 7) is 5.77. The second-order valence-corrected chi connectivity index (χ2v) is 5.71. The zero-order valence-corrected chi connectivity index (χ0v) is 11.5. The monoisotopic (exact) mass is 268 g/mol. The third kappa shape index (κ3) is 3.96. The molecule has 0 aliphatic carbocycles. The van der Waals surface area contributed by atoms with Gasteiger partial charge in [-0.25, -0.2) is 0 Å². The first kappa shape index (κ1) is 14.9. The van der Waals surface area contributed by atoms with Crippen LogP contribution in [0.15, 0.2) is 35.7 Å². The first-order valence-electron chi connectivity index (χ1n) is 6.19. The van der Waals surface area contributed by atoms with Gasteiger partial charge in [0.2, 0.25) is 0 Å². The molecule has 1 rings (SSSR count). The van der Waals surface area contributed by atoms with Crippen molar-refractivity contribution in [3.63, 3.8) is 0 Å². The van der Waals surface area contributed by atoms with E-state index >= 15 is 0 Å². The van der Waals surface area contributed by atoms with E-state index in [1.807, 2.05) is 6.07 Å². The van der Waals surface area contributed by atoms with Gasteiger partial charge in [-0.1, -0.05) is 38.0 Å². The molecule has 4 heteroatoms. The van der Waals surface area contributed by atoms with Crippen molar-refractivity contribution in [3.05, 3.63) is 42.0 Å². The van der Waals surface area contributed by atoms with Gasteiger partial charge in [-0.15, -0.1) is 6.58 Å². The molecule has 0 unspecified atom stereocenters. The molecule has 1 aromatic carbocycles. The predicted octanol–water partition coefficient (Wildman–Crippen LogP) is 3.39. The maximum Gasteiger partial charge on any atom is 0.294 e. The van der Waals surface area contributed by atoms with Crippen molar-refractivity contribution in [1.29, 1.82) is 0 Å². The van der Waals surface area contributed by atoms with Gasteiger partial charge in [0, 0.05) is 0 Å². The number of benzene rings is 1. The van der Waals surface area contributed by atoms with E-state index in [2.05, 4.69) is 13.5 Å². The highest BCUT2D eigenvalue weighted by molar-refractivity contribution is 7.85. The Labute approximate surface area is 109 Å². The highest BCUT2D eigenvalue weighted by Gasteiger charge is 2.17. The molecule has 100 valence electrons.